The number of non-ortho nitro benzene ring substituents is 1. The maximum Gasteiger partial charge on any atom is 0.269 e. The minimum absolute atomic E-state index is 0.125. The molecule has 4 N–H and O–H groups in total. The van der Waals surface area contributed by atoms with Gasteiger partial charge in [0.25, 0.3) is 5.69 Å². The van der Waals surface area contributed by atoms with Crippen molar-refractivity contribution in [3.8, 4) is 0 Å². The minimum Gasteiger partial charge on any atom is -0.379 e. The Morgan fingerprint density at radius 2 is 1.62 bits per heavy atom. The number of nitrogens with two attached hydrogens (primary N) is 2. The first-order valence-electron chi connectivity index (χ1n) is 9.04. The second-order valence-corrected chi connectivity index (χ2v) is 8.64. The van der Waals surface area contributed by atoms with Crippen LogP contribution in [-0.2, 0) is 12.8 Å². The number of rotatable bonds is 5. The van der Waals surface area contributed by atoms with Gasteiger partial charge in [0.15, 0.2) is 10.3 Å². The third-order valence-electron chi connectivity index (χ3n) is 4.25. The van der Waals surface area contributed by atoms with Crippen LogP contribution in [0.1, 0.15) is 11.1 Å². The standard InChI is InChI=1S/C10H11N3O2S.C9H11N3S/c11-10-12-8(6-16-10)4-7-2-1-3-9(5-7)13(14)15;10-9-12-8(6-13-9)4-7-2-1-3-11-5-7/h1-3,5,8H,4,6H2,(H2,11,12);1-3,5,8H,4,6H2,(H2,10,12). The van der Waals surface area contributed by atoms with E-state index in [-0.39, 0.29) is 16.7 Å². The van der Waals surface area contributed by atoms with Crippen LogP contribution in [0.25, 0.3) is 0 Å². The molecule has 0 saturated heterocycles. The molecule has 10 heteroatoms. The van der Waals surface area contributed by atoms with Crippen LogP contribution in [0, 0.1) is 10.1 Å². The van der Waals surface area contributed by atoms with E-state index in [9.17, 15) is 10.1 Å². The Balaban J connectivity index is 0.000000169. The zero-order valence-corrected chi connectivity index (χ0v) is 17.3. The molecule has 4 rings (SSSR count). The van der Waals surface area contributed by atoms with E-state index in [1.54, 1.807) is 30.1 Å². The molecule has 0 amide bonds. The Kier molecular flexibility index (Phi) is 7.48. The first kappa shape index (κ1) is 21.1. The summed E-state index contributed by atoms with van der Waals surface area (Å²) < 4.78 is 0. The van der Waals surface area contributed by atoms with Crippen molar-refractivity contribution in [2.75, 3.05) is 11.5 Å². The third kappa shape index (κ3) is 6.75. The molecule has 0 aliphatic carbocycles. The number of nitrogens with zero attached hydrogens (tertiary/aromatic N) is 4. The van der Waals surface area contributed by atoms with E-state index in [2.05, 4.69) is 21.0 Å². The molecule has 2 aliphatic rings. The van der Waals surface area contributed by atoms with E-state index in [0.29, 0.717) is 22.8 Å². The molecule has 0 saturated carbocycles. The quantitative estimate of drug-likeness (QED) is 0.550. The smallest absolute Gasteiger partial charge is 0.269 e. The molecular formula is C19H22N6O2S2. The van der Waals surface area contributed by atoms with Crippen molar-refractivity contribution < 1.29 is 4.92 Å². The number of aliphatic imine (C=N–C) groups is 2. The van der Waals surface area contributed by atoms with Crippen LogP contribution < -0.4 is 11.5 Å². The van der Waals surface area contributed by atoms with Gasteiger partial charge in [0.05, 0.1) is 17.0 Å². The maximum absolute atomic E-state index is 10.6. The number of nitro groups is 1. The average molecular weight is 431 g/mol. The second-order valence-electron chi connectivity index (χ2n) is 6.56. The number of pyridine rings is 1. The van der Waals surface area contributed by atoms with Crippen molar-refractivity contribution in [2.45, 2.75) is 24.9 Å². The molecule has 152 valence electrons. The number of thioether (sulfide) groups is 2. The van der Waals surface area contributed by atoms with E-state index in [1.807, 2.05) is 18.3 Å². The van der Waals surface area contributed by atoms with Gasteiger partial charge < -0.3 is 11.5 Å². The number of amidine groups is 2. The number of nitro benzene ring substituents is 1. The Morgan fingerprint density at radius 1 is 1.00 bits per heavy atom. The molecule has 29 heavy (non-hydrogen) atoms. The van der Waals surface area contributed by atoms with E-state index < -0.39 is 0 Å². The van der Waals surface area contributed by atoms with Crippen molar-refractivity contribution in [3.63, 3.8) is 0 Å². The molecule has 2 atom stereocenters. The molecule has 2 aliphatic heterocycles. The Labute approximate surface area is 177 Å². The summed E-state index contributed by atoms with van der Waals surface area (Å²) in [7, 11) is 0. The number of hydrogen-bond donors (Lipinski definition) is 2. The zero-order valence-electron chi connectivity index (χ0n) is 15.7. The lowest BCUT2D eigenvalue weighted by atomic mass is 10.1. The average Bonchev–Trinajstić information content (AvgIpc) is 3.31. The molecule has 8 nitrogen and oxygen atoms in total. The fraction of sp³-hybridized carbons (Fsp3) is 0.316. The first-order chi connectivity index (χ1) is 14.0. The summed E-state index contributed by atoms with van der Waals surface area (Å²) >= 11 is 3.16. The summed E-state index contributed by atoms with van der Waals surface area (Å²) in [5.41, 5.74) is 13.4. The summed E-state index contributed by atoms with van der Waals surface area (Å²) in [4.78, 5) is 22.8. The van der Waals surface area contributed by atoms with Gasteiger partial charge in [-0.05, 0) is 30.0 Å². The second kappa shape index (κ2) is 10.3. The maximum atomic E-state index is 10.6. The lowest BCUT2D eigenvalue weighted by Gasteiger charge is -2.05. The summed E-state index contributed by atoms with van der Waals surface area (Å²) in [5.74, 6) is 1.86. The molecule has 0 spiro atoms. The lowest BCUT2D eigenvalue weighted by molar-refractivity contribution is -0.384. The highest BCUT2D eigenvalue weighted by Gasteiger charge is 2.18. The Bertz CT molecular complexity index is 907. The highest BCUT2D eigenvalue weighted by Crippen LogP contribution is 2.21. The predicted octanol–water partition coefficient (Wildman–Crippen LogP) is 2.62. The molecular weight excluding hydrogens is 408 g/mol. The third-order valence-corrected chi connectivity index (χ3v) is 6.16. The van der Waals surface area contributed by atoms with Crippen LogP contribution in [0.2, 0.25) is 0 Å². The van der Waals surface area contributed by atoms with Crippen molar-refractivity contribution in [3.05, 3.63) is 70.0 Å². The van der Waals surface area contributed by atoms with Crippen LogP contribution in [-0.4, -0.2) is 43.8 Å². The minimum atomic E-state index is -0.384. The van der Waals surface area contributed by atoms with Crippen LogP contribution in [0.3, 0.4) is 0 Å². The van der Waals surface area contributed by atoms with Gasteiger partial charge in [0.2, 0.25) is 0 Å². The topological polar surface area (TPSA) is 133 Å². The summed E-state index contributed by atoms with van der Waals surface area (Å²) in [6, 6.07) is 11.2. The Hall–Kier alpha value is -2.59. The highest BCUT2D eigenvalue weighted by atomic mass is 32.2. The monoisotopic (exact) mass is 430 g/mol. The van der Waals surface area contributed by atoms with E-state index in [1.165, 1.54) is 23.4 Å². The fourth-order valence-corrected chi connectivity index (χ4v) is 4.50. The molecule has 2 aromatic rings. The van der Waals surface area contributed by atoms with E-state index >= 15 is 0 Å². The van der Waals surface area contributed by atoms with Gasteiger partial charge in [-0.25, -0.2) is 0 Å². The molecule has 2 unspecified atom stereocenters. The van der Waals surface area contributed by atoms with E-state index in [0.717, 1.165) is 23.5 Å². The molecule has 3 heterocycles. The molecule has 0 bridgehead atoms. The van der Waals surface area contributed by atoms with Gasteiger partial charge in [-0.3, -0.25) is 25.1 Å². The van der Waals surface area contributed by atoms with Gasteiger partial charge in [0.1, 0.15) is 0 Å². The van der Waals surface area contributed by atoms with Crippen LogP contribution in [0.15, 0.2) is 58.8 Å². The highest BCUT2D eigenvalue weighted by molar-refractivity contribution is 8.14. The predicted molar refractivity (Wildman–Crippen MR) is 120 cm³/mol. The zero-order chi connectivity index (χ0) is 20.6. The summed E-state index contributed by atoms with van der Waals surface area (Å²) in [5, 5.41) is 11.9. The molecule has 1 aromatic carbocycles. The SMILES string of the molecule is NC1=NC(Cc2cccc([N+](=O)[O-])c2)CS1.NC1=NC(Cc2cccnc2)CS1. The van der Waals surface area contributed by atoms with Gasteiger partial charge >= 0.3 is 0 Å². The van der Waals surface area contributed by atoms with Crippen LogP contribution in [0.4, 0.5) is 5.69 Å². The van der Waals surface area contributed by atoms with Gasteiger partial charge in [-0.1, -0.05) is 41.7 Å². The molecule has 0 fully saturated rings. The van der Waals surface area contributed by atoms with Crippen molar-refractivity contribution in [1.29, 1.82) is 0 Å². The van der Waals surface area contributed by atoms with Gasteiger partial charge in [0, 0.05) is 36.0 Å². The number of benzene rings is 1. The number of hydrogen-bond acceptors (Lipinski definition) is 9. The van der Waals surface area contributed by atoms with Gasteiger partial charge in [-0.2, -0.15) is 0 Å². The molecule has 1 aromatic heterocycles. The Morgan fingerprint density at radius 3 is 2.14 bits per heavy atom. The summed E-state index contributed by atoms with van der Waals surface area (Å²) in [6.07, 6.45) is 5.32. The van der Waals surface area contributed by atoms with Crippen LogP contribution >= 0.6 is 23.5 Å². The summed E-state index contributed by atoms with van der Waals surface area (Å²) in [6.45, 7) is 0. The fourth-order valence-electron chi connectivity index (χ4n) is 2.94. The van der Waals surface area contributed by atoms with Crippen molar-refractivity contribution in [2.24, 2.45) is 21.5 Å². The number of aromatic nitrogens is 1. The normalized spacial score (nSPS) is 20.4. The first-order valence-corrected chi connectivity index (χ1v) is 11.0. The van der Waals surface area contributed by atoms with Crippen molar-refractivity contribution in [1.82, 2.24) is 4.98 Å². The largest absolute Gasteiger partial charge is 0.379 e. The van der Waals surface area contributed by atoms with E-state index in [4.69, 9.17) is 11.5 Å². The van der Waals surface area contributed by atoms with Crippen LogP contribution in [0.5, 0.6) is 0 Å². The molecule has 0 radical (unpaired) electrons. The lowest BCUT2D eigenvalue weighted by Crippen LogP contribution is -2.08. The van der Waals surface area contributed by atoms with Crippen molar-refractivity contribution >= 4 is 39.5 Å². The van der Waals surface area contributed by atoms with Gasteiger partial charge in [-0.15, -0.1) is 0 Å².